The van der Waals surface area contributed by atoms with Crippen molar-refractivity contribution in [3.05, 3.63) is 94.7 Å². The molecule has 1 saturated heterocycles. The molecule has 9 heteroatoms. The van der Waals surface area contributed by atoms with Crippen molar-refractivity contribution < 1.29 is 9.53 Å². The van der Waals surface area contributed by atoms with Crippen LogP contribution < -0.4 is 10.1 Å². The van der Waals surface area contributed by atoms with Gasteiger partial charge in [-0.2, -0.15) is 0 Å². The Hall–Kier alpha value is -1.77. The molecule has 1 heterocycles. The lowest BCUT2D eigenvalue weighted by Gasteiger charge is -2.10. The Morgan fingerprint density at radius 2 is 1.79 bits per heavy atom. The van der Waals surface area contributed by atoms with Crippen LogP contribution in [-0.2, 0) is 11.4 Å². The number of nitrogens with one attached hydrogen (secondary N) is 1. The quantitative estimate of drug-likeness (QED) is 0.284. The highest BCUT2D eigenvalue weighted by Gasteiger charge is 2.24. The molecule has 1 aliphatic heterocycles. The Kier molecular flexibility index (Phi) is 8.10. The molecule has 0 saturated carbocycles. The Morgan fingerprint density at radius 1 is 1.06 bits per heavy atom. The predicted octanol–water partition coefficient (Wildman–Crippen LogP) is 8.61. The number of benzene rings is 3. The second-order valence-electron chi connectivity index (χ2n) is 7.59. The lowest BCUT2D eigenvalue weighted by molar-refractivity contribution is -0.115. The van der Waals surface area contributed by atoms with Crippen molar-refractivity contribution in [3.8, 4) is 5.75 Å². The molecule has 1 fully saturated rings. The molecular weight excluding hydrogens is 623 g/mol. The highest BCUT2D eigenvalue weighted by atomic mass is 79.9. The summed E-state index contributed by atoms with van der Waals surface area (Å²) in [5.74, 6) is 0.489. The van der Waals surface area contributed by atoms with Gasteiger partial charge < -0.3 is 10.1 Å². The van der Waals surface area contributed by atoms with E-state index in [4.69, 9.17) is 27.9 Å². The third-order valence-electron chi connectivity index (χ3n) is 4.95. The summed E-state index contributed by atoms with van der Waals surface area (Å²) in [6.07, 6.45) is 1.82. The number of carbonyl (C=O) groups excluding carboxylic acids is 1. The summed E-state index contributed by atoms with van der Waals surface area (Å²) in [6.45, 7) is 4.34. The molecule has 0 radical (unpaired) electrons. The number of aryl methyl sites for hydroxylation is 2. The van der Waals surface area contributed by atoms with Gasteiger partial charge in [-0.1, -0.05) is 51.3 Å². The van der Waals surface area contributed by atoms with Gasteiger partial charge in [0, 0.05) is 20.1 Å². The number of nitrogens with zero attached hydrogens (tertiary/aromatic N) is 1. The first kappa shape index (κ1) is 25.3. The zero-order valence-corrected chi connectivity index (χ0v) is 23.6. The SMILES string of the molecule is Cc1cc(N=C2NC(=O)/C(=C/c3ccc(OCc4ccc(Cl)cc4Cl)c(Br)c3)S2)cc(C)c1Br. The predicted molar refractivity (Wildman–Crippen MR) is 149 cm³/mol. The maximum atomic E-state index is 12.5. The number of thioether (sulfide) groups is 1. The molecule has 34 heavy (non-hydrogen) atoms. The molecule has 3 aromatic carbocycles. The molecule has 4 rings (SSSR count). The van der Waals surface area contributed by atoms with E-state index in [-0.39, 0.29) is 5.91 Å². The van der Waals surface area contributed by atoms with Gasteiger partial charge in [-0.05, 0) is 101 Å². The van der Waals surface area contributed by atoms with E-state index in [0.717, 1.165) is 36.9 Å². The first-order valence-electron chi connectivity index (χ1n) is 10.1. The number of amides is 1. The zero-order valence-electron chi connectivity index (χ0n) is 18.1. The molecule has 1 amide bonds. The van der Waals surface area contributed by atoms with E-state index in [1.54, 1.807) is 12.1 Å². The first-order chi connectivity index (χ1) is 16.2. The summed E-state index contributed by atoms with van der Waals surface area (Å²) >= 11 is 20.6. The molecule has 0 bridgehead atoms. The van der Waals surface area contributed by atoms with Gasteiger partial charge in [0.1, 0.15) is 12.4 Å². The summed E-state index contributed by atoms with van der Waals surface area (Å²) < 4.78 is 7.73. The van der Waals surface area contributed by atoms with Crippen molar-refractivity contribution in [2.45, 2.75) is 20.5 Å². The number of ether oxygens (including phenoxy) is 1. The number of aliphatic imine (C=N–C) groups is 1. The largest absolute Gasteiger partial charge is 0.488 e. The average molecular weight is 641 g/mol. The van der Waals surface area contributed by atoms with Crippen molar-refractivity contribution in [1.82, 2.24) is 5.32 Å². The standard InChI is InChI=1S/C25H18Br2Cl2N2O2S/c1-13-7-18(8-14(2)23(13)27)30-25-31-24(32)22(34-25)10-15-3-6-21(19(26)9-15)33-12-16-4-5-17(28)11-20(16)29/h3-11H,12H2,1-2H3,(H,30,31,32)/b22-10-. The highest BCUT2D eigenvalue weighted by molar-refractivity contribution is 9.10. The van der Waals surface area contributed by atoms with E-state index < -0.39 is 0 Å². The fourth-order valence-corrected chi connectivity index (χ4v) is 5.30. The Balaban J connectivity index is 1.47. The van der Waals surface area contributed by atoms with E-state index in [1.807, 2.05) is 56.3 Å². The van der Waals surface area contributed by atoms with Crippen LogP contribution in [0.2, 0.25) is 10.0 Å². The van der Waals surface area contributed by atoms with E-state index in [2.05, 4.69) is 42.2 Å². The number of amidine groups is 1. The van der Waals surface area contributed by atoms with Crippen molar-refractivity contribution in [1.29, 1.82) is 0 Å². The van der Waals surface area contributed by atoms with Gasteiger partial charge in [0.2, 0.25) is 0 Å². The molecule has 0 aromatic heterocycles. The number of hydrogen-bond donors (Lipinski definition) is 1. The van der Waals surface area contributed by atoms with Crippen LogP contribution in [0.3, 0.4) is 0 Å². The maximum absolute atomic E-state index is 12.5. The van der Waals surface area contributed by atoms with Crippen molar-refractivity contribution >= 4 is 89.7 Å². The number of halogens is 4. The second-order valence-corrected chi connectivity index (χ2v) is 11.1. The van der Waals surface area contributed by atoms with Gasteiger partial charge in [-0.25, -0.2) is 4.99 Å². The molecule has 1 N–H and O–H groups in total. The molecule has 1 aliphatic rings. The molecule has 0 spiro atoms. The second kappa shape index (κ2) is 10.9. The van der Waals surface area contributed by atoms with Gasteiger partial charge in [-0.15, -0.1) is 0 Å². The van der Waals surface area contributed by atoms with E-state index in [1.165, 1.54) is 11.8 Å². The van der Waals surface area contributed by atoms with Crippen LogP contribution in [0.5, 0.6) is 5.75 Å². The van der Waals surface area contributed by atoms with Crippen molar-refractivity contribution in [2.24, 2.45) is 4.99 Å². The van der Waals surface area contributed by atoms with Gasteiger partial charge in [-0.3, -0.25) is 4.79 Å². The van der Waals surface area contributed by atoms with Crippen LogP contribution in [0.4, 0.5) is 5.69 Å². The van der Waals surface area contributed by atoms with E-state index in [9.17, 15) is 4.79 Å². The maximum Gasteiger partial charge on any atom is 0.264 e. The zero-order chi connectivity index (χ0) is 24.4. The van der Waals surface area contributed by atoms with Gasteiger partial charge in [0.15, 0.2) is 5.17 Å². The van der Waals surface area contributed by atoms with Crippen molar-refractivity contribution in [2.75, 3.05) is 0 Å². The van der Waals surface area contributed by atoms with Crippen LogP contribution in [0, 0.1) is 13.8 Å². The monoisotopic (exact) mass is 638 g/mol. The number of rotatable bonds is 5. The topological polar surface area (TPSA) is 50.7 Å². The van der Waals surface area contributed by atoms with Gasteiger partial charge in [0.05, 0.1) is 15.1 Å². The smallest absolute Gasteiger partial charge is 0.264 e. The minimum absolute atomic E-state index is 0.178. The Morgan fingerprint density at radius 3 is 2.47 bits per heavy atom. The van der Waals surface area contributed by atoms with Crippen molar-refractivity contribution in [3.63, 3.8) is 0 Å². The van der Waals surface area contributed by atoms with Crippen LogP contribution in [-0.4, -0.2) is 11.1 Å². The summed E-state index contributed by atoms with van der Waals surface area (Å²) in [7, 11) is 0. The molecule has 4 nitrogen and oxygen atoms in total. The molecule has 0 aliphatic carbocycles. The highest BCUT2D eigenvalue weighted by Crippen LogP contribution is 2.33. The van der Waals surface area contributed by atoms with Gasteiger partial charge >= 0.3 is 0 Å². The minimum Gasteiger partial charge on any atom is -0.488 e. The number of hydrogen-bond acceptors (Lipinski definition) is 4. The summed E-state index contributed by atoms with van der Waals surface area (Å²) in [5.41, 5.74) is 4.68. The fraction of sp³-hybridized carbons (Fsp3) is 0.120. The third kappa shape index (κ3) is 6.07. The van der Waals surface area contributed by atoms with E-state index in [0.29, 0.717) is 32.5 Å². The molecule has 174 valence electrons. The number of carbonyl (C=O) groups is 1. The van der Waals surface area contributed by atoms with Crippen LogP contribution in [0.1, 0.15) is 22.3 Å². The first-order valence-corrected chi connectivity index (χ1v) is 13.3. The normalized spacial score (nSPS) is 15.8. The lowest BCUT2D eigenvalue weighted by Crippen LogP contribution is -2.19. The summed E-state index contributed by atoms with van der Waals surface area (Å²) in [4.78, 5) is 17.7. The minimum atomic E-state index is -0.178. The molecule has 0 unspecified atom stereocenters. The summed E-state index contributed by atoms with van der Waals surface area (Å²) in [6, 6.07) is 14.9. The third-order valence-corrected chi connectivity index (χ3v) is 8.32. The van der Waals surface area contributed by atoms with Gasteiger partial charge in [0.25, 0.3) is 5.91 Å². The lowest BCUT2D eigenvalue weighted by atomic mass is 10.1. The molecule has 0 atom stereocenters. The van der Waals surface area contributed by atoms with E-state index >= 15 is 0 Å². The van der Waals surface area contributed by atoms with Crippen LogP contribution in [0.25, 0.3) is 6.08 Å². The molecular formula is C25H18Br2Cl2N2O2S. The van der Waals surface area contributed by atoms with Crippen LogP contribution >= 0.6 is 66.8 Å². The average Bonchev–Trinajstić information content (AvgIpc) is 3.11. The van der Waals surface area contributed by atoms with Crippen LogP contribution in [0.15, 0.2) is 67.4 Å². The summed E-state index contributed by atoms with van der Waals surface area (Å²) in [5, 5.41) is 4.52. The Bertz CT molecular complexity index is 1340. The molecule has 3 aromatic rings. The fourth-order valence-electron chi connectivity index (χ4n) is 3.25. The Labute approximate surface area is 229 Å².